The Kier molecular flexibility index (Phi) is 4.06. The fourth-order valence-corrected chi connectivity index (χ4v) is 3.21. The summed E-state index contributed by atoms with van der Waals surface area (Å²) in [6.45, 7) is 0. The second-order valence-electron chi connectivity index (χ2n) is 5.86. The number of anilines is 1. The molecule has 2 nitrogen and oxygen atoms in total. The first kappa shape index (κ1) is 15.0. The highest BCUT2D eigenvalue weighted by atomic mass is 35.5. The minimum absolute atomic E-state index is 0.197. The normalized spacial score (nSPS) is 17.0. The summed E-state index contributed by atoms with van der Waals surface area (Å²) in [5, 5.41) is 7.77. The molecule has 0 aromatic heterocycles. The molecule has 1 heterocycles. The fraction of sp³-hybridized carbons (Fsp3) is 0.0952. The zero-order valence-corrected chi connectivity index (χ0v) is 13.9. The van der Waals surface area contributed by atoms with Crippen molar-refractivity contribution in [2.75, 3.05) is 5.01 Å². The van der Waals surface area contributed by atoms with Crippen molar-refractivity contribution in [3.63, 3.8) is 0 Å². The molecule has 0 spiro atoms. The van der Waals surface area contributed by atoms with Crippen molar-refractivity contribution in [1.82, 2.24) is 0 Å². The third-order valence-corrected chi connectivity index (χ3v) is 4.54. The van der Waals surface area contributed by atoms with Crippen molar-refractivity contribution in [2.45, 2.75) is 12.5 Å². The van der Waals surface area contributed by atoms with Crippen LogP contribution in [-0.2, 0) is 0 Å². The Labute approximate surface area is 147 Å². The predicted molar refractivity (Wildman–Crippen MR) is 101 cm³/mol. The average Bonchev–Trinajstić information content (AvgIpc) is 3.09. The number of hydrazone groups is 1. The number of nitrogens with zero attached hydrogens (tertiary/aromatic N) is 2. The Hall–Kier alpha value is -2.58. The zero-order chi connectivity index (χ0) is 16.4. The van der Waals surface area contributed by atoms with E-state index in [9.17, 15) is 0 Å². The number of hydrogen-bond acceptors (Lipinski definition) is 2. The maximum atomic E-state index is 6.04. The van der Waals surface area contributed by atoms with Crippen molar-refractivity contribution in [2.24, 2.45) is 5.10 Å². The van der Waals surface area contributed by atoms with E-state index in [1.165, 1.54) is 11.1 Å². The van der Waals surface area contributed by atoms with Gasteiger partial charge in [0.2, 0.25) is 0 Å². The zero-order valence-electron chi connectivity index (χ0n) is 13.1. The lowest BCUT2D eigenvalue weighted by molar-refractivity contribution is 0.709. The molecule has 0 N–H and O–H groups in total. The third-order valence-electron chi connectivity index (χ3n) is 4.29. The van der Waals surface area contributed by atoms with Crippen molar-refractivity contribution >= 4 is 23.0 Å². The highest BCUT2D eigenvalue weighted by molar-refractivity contribution is 6.30. The molecule has 0 radical (unpaired) electrons. The van der Waals surface area contributed by atoms with Crippen LogP contribution < -0.4 is 5.01 Å². The molecule has 118 valence electrons. The molecule has 3 aromatic carbocycles. The topological polar surface area (TPSA) is 15.6 Å². The van der Waals surface area contributed by atoms with Gasteiger partial charge in [0.05, 0.1) is 17.4 Å². The van der Waals surface area contributed by atoms with Gasteiger partial charge in [-0.2, -0.15) is 5.10 Å². The number of halogens is 1. The average molecular weight is 333 g/mol. The van der Waals surface area contributed by atoms with E-state index in [0.717, 1.165) is 22.8 Å². The molecule has 4 rings (SSSR count). The number of hydrogen-bond donors (Lipinski definition) is 0. The Bertz CT molecular complexity index is 842. The standard InChI is InChI=1S/C21H17ClN2/c22-18-11-13-19(14-12-18)24-21(17-9-5-2-6-10-17)15-20(23-24)16-7-3-1-4-8-16/h1-14,21H,15H2/t21-/m0/s1. The van der Waals surface area contributed by atoms with E-state index in [2.05, 4.69) is 53.5 Å². The van der Waals surface area contributed by atoms with E-state index in [-0.39, 0.29) is 6.04 Å². The molecule has 0 fully saturated rings. The second-order valence-corrected chi connectivity index (χ2v) is 6.30. The molecule has 0 aliphatic carbocycles. The minimum atomic E-state index is 0.197. The van der Waals surface area contributed by atoms with Gasteiger partial charge in [-0.1, -0.05) is 72.3 Å². The first-order valence-electron chi connectivity index (χ1n) is 8.04. The van der Waals surface area contributed by atoms with E-state index in [1.807, 2.05) is 36.4 Å². The Morgan fingerprint density at radius 2 is 1.42 bits per heavy atom. The van der Waals surface area contributed by atoms with Crippen LogP contribution in [0.1, 0.15) is 23.6 Å². The van der Waals surface area contributed by atoms with Gasteiger partial charge in [-0.25, -0.2) is 0 Å². The summed E-state index contributed by atoms with van der Waals surface area (Å²) < 4.78 is 0. The quantitative estimate of drug-likeness (QED) is 0.601. The SMILES string of the molecule is Clc1ccc(N2N=C(c3ccccc3)C[C@H]2c2ccccc2)cc1. The lowest BCUT2D eigenvalue weighted by atomic mass is 9.98. The molecule has 0 bridgehead atoms. The summed E-state index contributed by atoms with van der Waals surface area (Å²) in [5.41, 5.74) is 4.61. The van der Waals surface area contributed by atoms with Gasteiger partial charge in [-0.15, -0.1) is 0 Å². The molecule has 1 atom stereocenters. The maximum Gasteiger partial charge on any atom is 0.0831 e. The van der Waals surface area contributed by atoms with Crippen molar-refractivity contribution < 1.29 is 0 Å². The van der Waals surface area contributed by atoms with Gasteiger partial charge in [-0.05, 0) is 35.4 Å². The number of benzene rings is 3. The van der Waals surface area contributed by atoms with Crippen LogP contribution >= 0.6 is 11.6 Å². The summed E-state index contributed by atoms with van der Waals surface area (Å²) in [7, 11) is 0. The van der Waals surface area contributed by atoms with E-state index >= 15 is 0 Å². The summed E-state index contributed by atoms with van der Waals surface area (Å²) in [4.78, 5) is 0. The first-order valence-corrected chi connectivity index (χ1v) is 8.42. The van der Waals surface area contributed by atoms with Crippen molar-refractivity contribution in [1.29, 1.82) is 0 Å². The third kappa shape index (κ3) is 2.93. The summed E-state index contributed by atoms with van der Waals surface area (Å²) in [5.74, 6) is 0. The van der Waals surface area contributed by atoms with Gasteiger partial charge < -0.3 is 0 Å². The van der Waals surface area contributed by atoms with E-state index in [0.29, 0.717) is 0 Å². The maximum absolute atomic E-state index is 6.04. The van der Waals surface area contributed by atoms with Crippen LogP contribution in [0.15, 0.2) is 90.0 Å². The molecule has 0 amide bonds. The molecular formula is C21H17ClN2. The van der Waals surface area contributed by atoms with Gasteiger partial charge in [0.1, 0.15) is 0 Å². The molecule has 0 saturated heterocycles. The van der Waals surface area contributed by atoms with Crippen molar-refractivity contribution in [3.05, 3.63) is 101 Å². The summed E-state index contributed by atoms with van der Waals surface area (Å²) >= 11 is 6.04. The van der Waals surface area contributed by atoms with E-state index in [1.54, 1.807) is 0 Å². The highest BCUT2D eigenvalue weighted by Crippen LogP contribution is 2.36. The monoisotopic (exact) mass is 332 g/mol. The van der Waals surface area contributed by atoms with Crippen molar-refractivity contribution in [3.8, 4) is 0 Å². The Morgan fingerprint density at radius 1 is 0.792 bits per heavy atom. The van der Waals surface area contributed by atoms with Gasteiger partial charge in [0.25, 0.3) is 0 Å². The van der Waals surface area contributed by atoms with Crippen LogP contribution in [0.4, 0.5) is 5.69 Å². The van der Waals surface area contributed by atoms with Gasteiger partial charge in [0, 0.05) is 11.4 Å². The van der Waals surface area contributed by atoms with Crippen LogP contribution in [-0.4, -0.2) is 5.71 Å². The van der Waals surface area contributed by atoms with Crippen LogP contribution in [0.5, 0.6) is 0 Å². The van der Waals surface area contributed by atoms with E-state index in [4.69, 9.17) is 16.7 Å². The smallest absolute Gasteiger partial charge is 0.0831 e. The molecule has 1 aliphatic heterocycles. The molecule has 3 heteroatoms. The molecular weight excluding hydrogens is 316 g/mol. The largest absolute Gasteiger partial charge is 0.257 e. The van der Waals surface area contributed by atoms with Crippen LogP contribution in [0.2, 0.25) is 5.02 Å². The van der Waals surface area contributed by atoms with Crippen LogP contribution in [0, 0.1) is 0 Å². The molecule has 24 heavy (non-hydrogen) atoms. The molecule has 3 aromatic rings. The summed E-state index contributed by atoms with van der Waals surface area (Å²) in [6.07, 6.45) is 0.886. The lowest BCUT2D eigenvalue weighted by Gasteiger charge is -2.24. The summed E-state index contributed by atoms with van der Waals surface area (Å²) in [6, 6.07) is 29.0. The molecule has 0 unspecified atom stereocenters. The fourth-order valence-electron chi connectivity index (χ4n) is 3.08. The molecule has 0 saturated carbocycles. The number of rotatable bonds is 3. The Morgan fingerprint density at radius 3 is 2.08 bits per heavy atom. The second kappa shape index (κ2) is 6.50. The lowest BCUT2D eigenvalue weighted by Crippen LogP contribution is -2.18. The van der Waals surface area contributed by atoms with E-state index < -0.39 is 0 Å². The predicted octanol–water partition coefficient (Wildman–Crippen LogP) is 5.70. The Balaban J connectivity index is 1.75. The highest BCUT2D eigenvalue weighted by Gasteiger charge is 2.29. The van der Waals surface area contributed by atoms with Crippen LogP contribution in [0.3, 0.4) is 0 Å². The molecule has 1 aliphatic rings. The van der Waals surface area contributed by atoms with Gasteiger partial charge in [0.15, 0.2) is 0 Å². The minimum Gasteiger partial charge on any atom is -0.257 e. The van der Waals surface area contributed by atoms with Crippen LogP contribution in [0.25, 0.3) is 0 Å². The first-order chi connectivity index (χ1) is 11.8. The van der Waals surface area contributed by atoms with Gasteiger partial charge >= 0.3 is 0 Å². The van der Waals surface area contributed by atoms with Gasteiger partial charge in [-0.3, -0.25) is 5.01 Å².